The lowest BCUT2D eigenvalue weighted by Gasteiger charge is -2.08. The van der Waals surface area contributed by atoms with Crippen LogP contribution in [-0.2, 0) is 0 Å². The van der Waals surface area contributed by atoms with E-state index in [4.69, 9.17) is 5.73 Å². The molecule has 1 aromatic heterocycles. The van der Waals surface area contributed by atoms with Crippen LogP contribution in [0.15, 0.2) is 51.4 Å². The number of nitrogens with one attached hydrogen (secondary N) is 1. The minimum atomic E-state index is -0.305. The second-order valence-electron chi connectivity index (χ2n) is 4.46. The molecule has 106 valence electrons. The molecule has 0 aliphatic carbocycles. The summed E-state index contributed by atoms with van der Waals surface area (Å²) in [5.74, 6) is 0.0914. The molecule has 21 heavy (non-hydrogen) atoms. The summed E-state index contributed by atoms with van der Waals surface area (Å²) in [4.78, 5) is 0. The highest BCUT2D eigenvalue weighted by Crippen LogP contribution is 2.40. The zero-order valence-corrected chi connectivity index (χ0v) is 13.9. The Morgan fingerprint density at radius 2 is 1.76 bits per heavy atom. The molecule has 0 radical (unpaired) electrons. The predicted molar refractivity (Wildman–Crippen MR) is 89.2 cm³/mol. The molecule has 0 fully saturated rings. The molecule has 3 aromatic rings. The summed E-state index contributed by atoms with van der Waals surface area (Å²) in [5, 5.41) is 7.02. The van der Waals surface area contributed by atoms with Crippen LogP contribution in [0.2, 0.25) is 0 Å². The first-order valence-electron chi connectivity index (χ1n) is 6.12. The lowest BCUT2D eigenvalue weighted by Crippen LogP contribution is -1.90. The van der Waals surface area contributed by atoms with E-state index in [0.29, 0.717) is 10.3 Å². The van der Waals surface area contributed by atoms with Crippen LogP contribution in [0, 0.1) is 5.82 Å². The zero-order valence-electron chi connectivity index (χ0n) is 10.7. The van der Waals surface area contributed by atoms with E-state index in [1.54, 1.807) is 6.07 Å². The topological polar surface area (TPSA) is 54.7 Å². The highest BCUT2D eigenvalue weighted by Gasteiger charge is 2.18. The van der Waals surface area contributed by atoms with Gasteiger partial charge in [-0.2, -0.15) is 5.10 Å². The van der Waals surface area contributed by atoms with E-state index in [9.17, 15) is 4.39 Å². The SMILES string of the molecule is Nc1n[nH]c(-c2ccc(F)cc2Br)c1-c1ccccc1Br. The fourth-order valence-electron chi connectivity index (χ4n) is 2.18. The van der Waals surface area contributed by atoms with Gasteiger partial charge in [0, 0.05) is 20.1 Å². The summed E-state index contributed by atoms with van der Waals surface area (Å²) in [6.07, 6.45) is 0. The van der Waals surface area contributed by atoms with Gasteiger partial charge < -0.3 is 5.73 Å². The summed E-state index contributed by atoms with van der Waals surface area (Å²) in [7, 11) is 0. The second kappa shape index (κ2) is 5.61. The Hall–Kier alpha value is -1.66. The third-order valence-corrected chi connectivity index (χ3v) is 4.49. The lowest BCUT2D eigenvalue weighted by molar-refractivity contribution is 0.627. The largest absolute Gasteiger partial charge is 0.382 e. The van der Waals surface area contributed by atoms with Crippen molar-refractivity contribution in [2.75, 3.05) is 5.73 Å². The first kappa shape index (κ1) is 14.3. The summed E-state index contributed by atoms with van der Waals surface area (Å²) in [5.41, 5.74) is 9.26. The Morgan fingerprint density at radius 3 is 2.48 bits per heavy atom. The maximum absolute atomic E-state index is 13.3. The number of anilines is 1. The van der Waals surface area contributed by atoms with Gasteiger partial charge in [-0.15, -0.1) is 0 Å². The van der Waals surface area contributed by atoms with Crippen LogP contribution in [0.3, 0.4) is 0 Å². The molecule has 0 saturated carbocycles. The van der Waals surface area contributed by atoms with Crippen molar-refractivity contribution >= 4 is 37.7 Å². The van der Waals surface area contributed by atoms with Gasteiger partial charge >= 0.3 is 0 Å². The van der Waals surface area contributed by atoms with E-state index in [1.165, 1.54) is 12.1 Å². The Morgan fingerprint density at radius 1 is 1.00 bits per heavy atom. The van der Waals surface area contributed by atoms with Gasteiger partial charge in [0.25, 0.3) is 0 Å². The molecule has 0 atom stereocenters. The van der Waals surface area contributed by atoms with Gasteiger partial charge in [-0.3, -0.25) is 5.10 Å². The van der Waals surface area contributed by atoms with E-state index in [-0.39, 0.29) is 5.82 Å². The van der Waals surface area contributed by atoms with Gasteiger partial charge in [0.1, 0.15) is 5.82 Å². The highest BCUT2D eigenvalue weighted by atomic mass is 79.9. The van der Waals surface area contributed by atoms with E-state index in [2.05, 4.69) is 42.1 Å². The number of benzene rings is 2. The Kier molecular flexibility index (Phi) is 3.82. The Balaban J connectivity index is 2.25. The number of rotatable bonds is 2. The molecule has 2 aromatic carbocycles. The minimum Gasteiger partial charge on any atom is -0.382 e. The van der Waals surface area contributed by atoms with Crippen molar-refractivity contribution in [3.05, 3.63) is 57.2 Å². The maximum atomic E-state index is 13.3. The van der Waals surface area contributed by atoms with Crippen molar-refractivity contribution in [3.63, 3.8) is 0 Å². The quantitative estimate of drug-likeness (QED) is 0.625. The smallest absolute Gasteiger partial charge is 0.153 e. The molecule has 0 bridgehead atoms. The number of aromatic nitrogens is 2. The van der Waals surface area contributed by atoms with E-state index < -0.39 is 0 Å². The third-order valence-electron chi connectivity index (χ3n) is 3.14. The number of hydrogen-bond donors (Lipinski definition) is 2. The molecule has 3 rings (SSSR count). The molecule has 0 aliphatic rings. The molecule has 3 nitrogen and oxygen atoms in total. The van der Waals surface area contributed by atoms with Crippen molar-refractivity contribution in [3.8, 4) is 22.4 Å². The van der Waals surface area contributed by atoms with Gasteiger partial charge in [0.15, 0.2) is 5.82 Å². The molecular weight excluding hydrogens is 401 g/mol. The fourth-order valence-corrected chi connectivity index (χ4v) is 3.21. The standard InChI is InChI=1S/C15H10Br2FN3/c16-11-4-2-1-3-9(11)13-14(20-21-15(13)19)10-6-5-8(18)7-12(10)17/h1-7H,(H3,19,20,21). The monoisotopic (exact) mass is 409 g/mol. The van der Waals surface area contributed by atoms with Crippen molar-refractivity contribution < 1.29 is 4.39 Å². The Bertz CT molecular complexity index is 814. The predicted octanol–water partition coefficient (Wildman–Crippen LogP) is 4.99. The zero-order chi connectivity index (χ0) is 15.0. The molecule has 0 unspecified atom stereocenters. The van der Waals surface area contributed by atoms with Crippen LogP contribution in [0.25, 0.3) is 22.4 Å². The van der Waals surface area contributed by atoms with Gasteiger partial charge in [-0.25, -0.2) is 4.39 Å². The summed E-state index contributed by atoms with van der Waals surface area (Å²) in [6, 6.07) is 12.2. The van der Waals surface area contributed by atoms with Crippen LogP contribution in [0.1, 0.15) is 0 Å². The molecular formula is C15H10Br2FN3. The number of nitrogen functional groups attached to an aromatic ring is 1. The molecule has 0 spiro atoms. The van der Waals surface area contributed by atoms with Crippen LogP contribution in [0.5, 0.6) is 0 Å². The number of nitrogens with zero attached hydrogens (tertiary/aromatic N) is 1. The molecule has 6 heteroatoms. The van der Waals surface area contributed by atoms with Gasteiger partial charge in [0.05, 0.1) is 11.3 Å². The normalized spacial score (nSPS) is 10.8. The second-order valence-corrected chi connectivity index (χ2v) is 6.17. The van der Waals surface area contributed by atoms with Crippen molar-refractivity contribution in [1.29, 1.82) is 0 Å². The maximum Gasteiger partial charge on any atom is 0.153 e. The molecule has 3 N–H and O–H groups in total. The first-order valence-corrected chi connectivity index (χ1v) is 7.70. The van der Waals surface area contributed by atoms with E-state index in [0.717, 1.165) is 26.9 Å². The average Bonchev–Trinajstić information content (AvgIpc) is 2.81. The summed E-state index contributed by atoms with van der Waals surface area (Å²) in [6.45, 7) is 0. The lowest BCUT2D eigenvalue weighted by atomic mass is 10.0. The first-order chi connectivity index (χ1) is 10.1. The number of hydrogen-bond acceptors (Lipinski definition) is 2. The van der Waals surface area contributed by atoms with E-state index in [1.807, 2.05) is 24.3 Å². The number of aromatic amines is 1. The van der Waals surface area contributed by atoms with Crippen LogP contribution < -0.4 is 5.73 Å². The number of halogens is 3. The van der Waals surface area contributed by atoms with Gasteiger partial charge in [-0.1, -0.05) is 34.1 Å². The fraction of sp³-hybridized carbons (Fsp3) is 0. The van der Waals surface area contributed by atoms with Crippen molar-refractivity contribution in [1.82, 2.24) is 10.2 Å². The van der Waals surface area contributed by atoms with Crippen molar-refractivity contribution in [2.24, 2.45) is 0 Å². The van der Waals surface area contributed by atoms with Crippen LogP contribution >= 0.6 is 31.9 Å². The third kappa shape index (κ3) is 2.61. The molecule has 0 amide bonds. The van der Waals surface area contributed by atoms with Gasteiger partial charge in [-0.05, 0) is 40.2 Å². The van der Waals surface area contributed by atoms with Crippen LogP contribution in [-0.4, -0.2) is 10.2 Å². The number of nitrogens with two attached hydrogens (primary N) is 1. The summed E-state index contributed by atoms with van der Waals surface area (Å²) >= 11 is 6.90. The molecule has 1 heterocycles. The molecule has 0 saturated heterocycles. The highest BCUT2D eigenvalue weighted by molar-refractivity contribution is 9.11. The Labute approximate surface area is 137 Å². The number of H-pyrrole nitrogens is 1. The summed E-state index contributed by atoms with van der Waals surface area (Å²) < 4.78 is 14.8. The minimum absolute atomic E-state index is 0.305. The molecule has 0 aliphatic heterocycles. The average molecular weight is 411 g/mol. The van der Waals surface area contributed by atoms with Gasteiger partial charge in [0.2, 0.25) is 0 Å². The van der Waals surface area contributed by atoms with Crippen LogP contribution in [0.4, 0.5) is 10.2 Å². The van der Waals surface area contributed by atoms with E-state index >= 15 is 0 Å². The van der Waals surface area contributed by atoms with Crippen molar-refractivity contribution in [2.45, 2.75) is 0 Å².